The molecule has 2 fully saturated rings. The van der Waals surface area contributed by atoms with Crippen LogP contribution < -0.4 is 21.3 Å². The van der Waals surface area contributed by atoms with E-state index in [1.54, 1.807) is 19.1 Å². The van der Waals surface area contributed by atoms with Crippen LogP contribution in [0.1, 0.15) is 102 Å². The third kappa shape index (κ3) is 6.62. The fourth-order valence-corrected chi connectivity index (χ4v) is 6.65. The fraction of sp³-hybridized carbons (Fsp3) is 0.467. The highest BCUT2D eigenvalue weighted by atomic mass is 35.5. The Balaban J connectivity index is 1.53. The van der Waals surface area contributed by atoms with E-state index in [1.165, 1.54) is 17.0 Å². The lowest BCUT2D eigenvalue weighted by molar-refractivity contribution is -0.123. The van der Waals surface area contributed by atoms with Crippen molar-refractivity contribution in [3.63, 3.8) is 0 Å². The maximum Gasteiger partial charge on any atom is 0.273 e. The molecule has 4 N–H and O–H groups in total. The van der Waals surface area contributed by atoms with Gasteiger partial charge in [0.25, 0.3) is 17.7 Å². The quantitative estimate of drug-likeness (QED) is 0.272. The maximum atomic E-state index is 14.3. The molecule has 0 radical (unpaired) electrons. The zero-order valence-corrected chi connectivity index (χ0v) is 25.0. The molecule has 9 nitrogen and oxygen atoms in total. The van der Waals surface area contributed by atoms with Gasteiger partial charge in [-0.2, -0.15) is 4.37 Å². The van der Waals surface area contributed by atoms with Crippen LogP contribution in [0.15, 0.2) is 34.7 Å². The summed E-state index contributed by atoms with van der Waals surface area (Å²) in [7, 11) is 0. The molecule has 2 aliphatic rings. The van der Waals surface area contributed by atoms with Crippen LogP contribution in [-0.2, 0) is 4.79 Å². The Bertz CT molecular complexity index is 1450. The lowest BCUT2D eigenvalue weighted by Gasteiger charge is -2.32. The van der Waals surface area contributed by atoms with Crippen molar-refractivity contribution in [2.45, 2.75) is 89.3 Å². The molecule has 3 amide bonds. The first kappa shape index (κ1) is 30.0. The number of nitrogen functional groups attached to an aromatic ring is 1. The topological polar surface area (TPSA) is 131 Å². The minimum absolute atomic E-state index is 0.0250. The molecule has 1 aromatic carbocycles. The van der Waals surface area contributed by atoms with Crippen LogP contribution in [-0.4, -0.2) is 34.2 Å². The van der Waals surface area contributed by atoms with E-state index < -0.39 is 29.6 Å². The van der Waals surface area contributed by atoms with Crippen molar-refractivity contribution in [3.05, 3.63) is 63.3 Å². The van der Waals surface area contributed by atoms with E-state index in [1.807, 2.05) is 0 Å². The molecule has 0 saturated heterocycles. The first-order chi connectivity index (χ1) is 20.2. The van der Waals surface area contributed by atoms with Crippen molar-refractivity contribution in [2.24, 2.45) is 0 Å². The number of carbonyl (C=O) groups is 3. The fourth-order valence-electron chi connectivity index (χ4n) is 5.74. The van der Waals surface area contributed by atoms with Gasteiger partial charge in [0.1, 0.15) is 22.2 Å². The summed E-state index contributed by atoms with van der Waals surface area (Å²) < 4.78 is 24.3. The normalized spacial score (nSPS) is 17.0. The number of nitrogens with zero attached hydrogens (tertiary/aromatic N) is 2. The molecule has 1 unspecified atom stereocenters. The van der Waals surface area contributed by atoms with Crippen molar-refractivity contribution in [1.82, 2.24) is 15.0 Å². The number of carbonyl (C=O) groups excluding carboxylic acids is 3. The number of aryl methyl sites for hydroxylation is 1. The lowest BCUT2D eigenvalue weighted by atomic mass is 9.95. The molecular weight excluding hydrogens is 581 g/mol. The number of benzene rings is 1. The number of furan rings is 1. The number of halogens is 2. The van der Waals surface area contributed by atoms with Gasteiger partial charge in [-0.05, 0) is 74.5 Å². The largest absolute Gasteiger partial charge is 0.464 e. The van der Waals surface area contributed by atoms with E-state index in [-0.39, 0.29) is 44.8 Å². The Hall–Kier alpha value is -3.44. The van der Waals surface area contributed by atoms with Crippen molar-refractivity contribution >= 4 is 52.2 Å². The number of aromatic nitrogens is 1. The number of hydrogen-bond donors (Lipinski definition) is 3. The van der Waals surface area contributed by atoms with Gasteiger partial charge < -0.3 is 20.8 Å². The van der Waals surface area contributed by atoms with Gasteiger partial charge in [0.2, 0.25) is 0 Å². The third-order valence-corrected chi connectivity index (χ3v) is 9.11. The predicted octanol–water partition coefficient (Wildman–Crippen LogP) is 6.32. The van der Waals surface area contributed by atoms with Gasteiger partial charge >= 0.3 is 0 Å². The van der Waals surface area contributed by atoms with E-state index in [0.717, 1.165) is 81.8 Å². The van der Waals surface area contributed by atoms with E-state index in [0.29, 0.717) is 5.76 Å². The van der Waals surface area contributed by atoms with Gasteiger partial charge in [-0.25, -0.2) is 4.39 Å². The van der Waals surface area contributed by atoms with Crippen LogP contribution in [0, 0.1) is 12.7 Å². The third-order valence-electron chi connectivity index (χ3n) is 7.97. The van der Waals surface area contributed by atoms with Crippen LogP contribution in [0.25, 0.3) is 0 Å². The first-order valence-electron chi connectivity index (χ1n) is 14.4. The van der Waals surface area contributed by atoms with Crippen molar-refractivity contribution in [3.8, 4) is 0 Å². The monoisotopic (exact) mass is 615 g/mol. The number of amides is 3. The molecule has 0 spiro atoms. The summed E-state index contributed by atoms with van der Waals surface area (Å²) >= 11 is 6.92. The lowest BCUT2D eigenvalue weighted by Crippen LogP contribution is -2.47. The van der Waals surface area contributed by atoms with Crippen LogP contribution in [0.5, 0.6) is 0 Å². The summed E-state index contributed by atoms with van der Waals surface area (Å²) in [6.45, 7) is 1.74. The number of rotatable bonds is 8. The van der Waals surface area contributed by atoms with Gasteiger partial charge in [-0.15, -0.1) is 0 Å². The number of hydrogen-bond acceptors (Lipinski definition) is 7. The molecule has 0 aliphatic heterocycles. The molecule has 2 aliphatic carbocycles. The Morgan fingerprint density at radius 3 is 2.26 bits per heavy atom. The highest BCUT2D eigenvalue weighted by molar-refractivity contribution is 7.09. The summed E-state index contributed by atoms with van der Waals surface area (Å²) in [5.41, 5.74) is 6.41. The molecule has 224 valence electrons. The Morgan fingerprint density at radius 1 is 1.02 bits per heavy atom. The van der Waals surface area contributed by atoms with Gasteiger partial charge in [-0.1, -0.05) is 50.1 Å². The van der Waals surface area contributed by atoms with Crippen molar-refractivity contribution in [2.75, 3.05) is 10.6 Å². The van der Waals surface area contributed by atoms with Gasteiger partial charge in [0.05, 0.1) is 10.7 Å². The molecule has 2 saturated carbocycles. The Labute approximate surface area is 253 Å². The number of nitrogens with two attached hydrogens (primary N) is 1. The maximum absolute atomic E-state index is 14.3. The first-order valence-corrected chi connectivity index (χ1v) is 15.6. The summed E-state index contributed by atoms with van der Waals surface area (Å²) in [6.07, 6.45) is 9.71. The molecule has 2 heterocycles. The van der Waals surface area contributed by atoms with Gasteiger partial charge in [0.15, 0.2) is 11.7 Å². The smallest absolute Gasteiger partial charge is 0.273 e. The summed E-state index contributed by atoms with van der Waals surface area (Å²) in [5, 5.41) is 5.84. The molecule has 3 aromatic rings. The second-order valence-electron chi connectivity index (χ2n) is 11.1. The van der Waals surface area contributed by atoms with Gasteiger partial charge in [0, 0.05) is 17.8 Å². The van der Waals surface area contributed by atoms with E-state index in [9.17, 15) is 18.8 Å². The van der Waals surface area contributed by atoms with E-state index >= 15 is 0 Å². The van der Waals surface area contributed by atoms with Crippen LogP contribution in [0.3, 0.4) is 0 Å². The van der Waals surface area contributed by atoms with E-state index in [2.05, 4.69) is 15.0 Å². The highest BCUT2D eigenvalue weighted by Gasteiger charge is 2.39. The summed E-state index contributed by atoms with van der Waals surface area (Å²) in [4.78, 5) is 42.5. The molecule has 12 heteroatoms. The van der Waals surface area contributed by atoms with Crippen molar-refractivity contribution < 1.29 is 23.2 Å². The standard InChI is InChI=1S/C30H35ClFN5O4S/c1-17-12-15-23(41-17)26(29(39)35-19-10-6-3-7-11-19)37(20-13-14-22(32)21(31)16-20)30(40)27-24(33)25(36-42-27)28(38)34-18-8-4-2-5-9-18/h12-16,18-19,26H,2-11,33H2,1H3,(H,34,38)(H,35,39). The van der Waals surface area contributed by atoms with Gasteiger partial charge in [-0.3, -0.25) is 19.3 Å². The Morgan fingerprint density at radius 2 is 1.67 bits per heavy atom. The number of anilines is 2. The summed E-state index contributed by atoms with van der Waals surface area (Å²) in [5.74, 6) is -1.51. The number of nitrogens with one attached hydrogen (secondary N) is 2. The molecule has 1 atom stereocenters. The molecule has 42 heavy (non-hydrogen) atoms. The zero-order chi connectivity index (χ0) is 29.8. The van der Waals surface area contributed by atoms with Crippen LogP contribution in [0.4, 0.5) is 15.8 Å². The molecule has 5 rings (SSSR count). The average Bonchev–Trinajstić information content (AvgIpc) is 3.59. The minimum Gasteiger partial charge on any atom is -0.464 e. The summed E-state index contributed by atoms with van der Waals surface area (Å²) in [6, 6.07) is 5.80. The average molecular weight is 616 g/mol. The predicted molar refractivity (Wildman–Crippen MR) is 160 cm³/mol. The second-order valence-corrected chi connectivity index (χ2v) is 12.2. The highest BCUT2D eigenvalue weighted by Crippen LogP contribution is 2.36. The SMILES string of the molecule is Cc1ccc(C(C(=O)NC2CCCCC2)N(C(=O)c2snc(C(=O)NC3CCCCC3)c2N)c2ccc(F)c(Cl)c2)o1. The van der Waals surface area contributed by atoms with Crippen LogP contribution in [0.2, 0.25) is 5.02 Å². The molecule has 2 aromatic heterocycles. The minimum atomic E-state index is -1.27. The second kappa shape index (κ2) is 13.2. The van der Waals surface area contributed by atoms with E-state index in [4.69, 9.17) is 21.8 Å². The molecule has 0 bridgehead atoms. The van der Waals surface area contributed by atoms with Crippen LogP contribution >= 0.6 is 23.1 Å². The Kier molecular flexibility index (Phi) is 9.47. The van der Waals surface area contributed by atoms with Crippen molar-refractivity contribution in [1.29, 1.82) is 0 Å². The molecular formula is C30H35ClFN5O4S. The zero-order valence-electron chi connectivity index (χ0n) is 23.5.